The van der Waals surface area contributed by atoms with Crippen LogP contribution < -0.4 is 15.0 Å². The van der Waals surface area contributed by atoms with Gasteiger partial charge in [0.05, 0.1) is 30.1 Å². The van der Waals surface area contributed by atoms with Crippen molar-refractivity contribution in [3.63, 3.8) is 0 Å². The maximum atomic E-state index is 14.2. The summed E-state index contributed by atoms with van der Waals surface area (Å²) in [7, 11) is 1.29. The largest absolute Gasteiger partial charge is 0.465 e. The number of hydrogen-bond acceptors (Lipinski definition) is 7. The lowest BCUT2D eigenvalue weighted by molar-refractivity contribution is 0.0601. The van der Waals surface area contributed by atoms with Gasteiger partial charge in [-0.05, 0) is 47.5 Å². The summed E-state index contributed by atoms with van der Waals surface area (Å²) in [4.78, 5) is 30.1. The van der Waals surface area contributed by atoms with Crippen LogP contribution in [0.5, 0.6) is 11.5 Å². The number of methoxy groups -OCH3 is 1. The Morgan fingerprint density at radius 1 is 1.12 bits per heavy atom. The van der Waals surface area contributed by atoms with E-state index in [0.717, 1.165) is 5.56 Å². The summed E-state index contributed by atoms with van der Waals surface area (Å²) in [6.07, 6.45) is 0. The predicted molar refractivity (Wildman–Crippen MR) is 125 cm³/mol. The zero-order valence-electron chi connectivity index (χ0n) is 18.1. The van der Waals surface area contributed by atoms with Crippen LogP contribution in [-0.2, 0) is 17.0 Å². The van der Waals surface area contributed by atoms with E-state index in [9.17, 15) is 14.0 Å². The minimum Gasteiger partial charge on any atom is -0.465 e. The van der Waals surface area contributed by atoms with Gasteiger partial charge in [0.2, 0.25) is 6.79 Å². The van der Waals surface area contributed by atoms with Gasteiger partial charge in [-0.3, -0.25) is 9.36 Å². The summed E-state index contributed by atoms with van der Waals surface area (Å²) in [6, 6.07) is 16.6. The molecular formula is C25H19FN2O5S. The average molecular weight is 479 g/mol. The second-order valence-corrected chi connectivity index (χ2v) is 8.52. The minimum absolute atomic E-state index is 0.155. The summed E-state index contributed by atoms with van der Waals surface area (Å²) in [5.74, 6) is 0.699. The number of halogens is 1. The molecule has 1 aliphatic rings. The van der Waals surface area contributed by atoms with Crippen LogP contribution in [0.2, 0.25) is 0 Å². The van der Waals surface area contributed by atoms with Gasteiger partial charge in [-0.25, -0.2) is 14.2 Å². The molecule has 2 heterocycles. The van der Waals surface area contributed by atoms with Gasteiger partial charge in [-0.15, -0.1) is 0 Å². The fraction of sp³-hybridized carbons (Fsp3) is 0.160. The van der Waals surface area contributed by atoms with Gasteiger partial charge in [0.25, 0.3) is 5.56 Å². The highest BCUT2D eigenvalue weighted by molar-refractivity contribution is 7.98. The van der Waals surface area contributed by atoms with Crippen molar-refractivity contribution < 1.29 is 23.4 Å². The molecule has 5 rings (SSSR count). The van der Waals surface area contributed by atoms with Crippen LogP contribution in [0, 0.1) is 5.82 Å². The maximum Gasteiger partial charge on any atom is 0.337 e. The lowest BCUT2D eigenvalue weighted by Crippen LogP contribution is -2.24. The number of carbonyl (C=O) groups excluding carboxylic acids is 1. The predicted octanol–water partition coefficient (Wildman–Crippen LogP) is 4.39. The summed E-state index contributed by atoms with van der Waals surface area (Å²) < 4.78 is 31.4. The number of thioether (sulfide) groups is 1. The summed E-state index contributed by atoms with van der Waals surface area (Å²) in [5.41, 5.74) is 1.72. The van der Waals surface area contributed by atoms with Crippen molar-refractivity contribution in [1.82, 2.24) is 9.55 Å². The maximum absolute atomic E-state index is 14.2. The second kappa shape index (κ2) is 9.18. The van der Waals surface area contributed by atoms with E-state index in [2.05, 4.69) is 4.98 Å². The molecule has 1 aliphatic heterocycles. The van der Waals surface area contributed by atoms with E-state index in [4.69, 9.17) is 14.2 Å². The van der Waals surface area contributed by atoms with Crippen LogP contribution in [0.15, 0.2) is 70.6 Å². The Labute approximate surface area is 198 Å². The van der Waals surface area contributed by atoms with E-state index in [-0.39, 0.29) is 30.5 Å². The van der Waals surface area contributed by atoms with Crippen molar-refractivity contribution in [2.24, 2.45) is 0 Å². The molecule has 0 bridgehead atoms. The molecule has 0 aliphatic carbocycles. The number of esters is 1. The molecule has 0 unspecified atom stereocenters. The molecule has 0 saturated carbocycles. The van der Waals surface area contributed by atoms with Crippen molar-refractivity contribution >= 4 is 28.6 Å². The molecule has 3 aromatic carbocycles. The summed E-state index contributed by atoms with van der Waals surface area (Å²) >= 11 is 1.25. The zero-order valence-corrected chi connectivity index (χ0v) is 18.9. The number of carbonyl (C=O) groups is 1. The van der Waals surface area contributed by atoms with Crippen LogP contribution in [-0.4, -0.2) is 29.4 Å². The Hall–Kier alpha value is -3.85. The van der Waals surface area contributed by atoms with Crippen LogP contribution in [0.1, 0.15) is 21.5 Å². The lowest BCUT2D eigenvalue weighted by atomic mass is 10.1. The number of ether oxygens (including phenoxy) is 3. The van der Waals surface area contributed by atoms with Gasteiger partial charge < -0.3 is 14.2 Å². The topological polar surface area (TPSA) is 79.7 Å². The van der Waals surface area contributed by atoms with Gasteiger partial charge in [0.1, 0.15) is 5.82 Å². The molecule has 1 aromatic heterocycles. The quantitative estimate of drug-likeness (QED) is 0.231. The first-order chi connectivity index (χ1) is 16.5. The monoisotopic (exact) mass is 478 g/mol. The number of rotatable bonds is 6. The third kappa shape index (κ3) is 4.22. The number of fused-ring (bicyclic) bond motifs is 2. The first kappa shape index (κ1) is 22.0. The van der Waals surface area contributed by atoms with Crippen molar-refractivity contribution in [2.45, 2.75) is 17.5 Å². The van der Waals surface area contributed by atoms with E-state index in [1.54, 1.807) is 34.9 Å². The molecule has 0 amide bonds. The van der Waals surface area contributed by atoms with Crippen LogP contribution in [0.3, 0.4) is 0 Å². The molecule has 0 N–H and O–H groups in total. The molecule has 0 radical (unpaired) electrons. The summed E-state index contributed by atoms with van der Waals surface area (Å²) in [5, 5.41) is 0.768. The molecule has 34 heavy (non-hydrogen) atoms. The van der Waals surface area contributed by atoms with E-state index in [0.29, 0.717) is 38.7 Å². The van der Waals surface area contributed by atoms with E-state index in [1.807, 2.05) is 12.1 Å². The Kier molecular flexibility index (Phi) is 5.93. The Bertz CT molecular complexity index is 1470. The molecule has 0 atom stereocenters. The number of benzene rings is 3. The number of nitrogens with zero attached hydrogens (tertiary/aromatic N) is 2. The minimum atomic E-state index is -0.520. The SMILES string of the molecule is COC(=O)c1ccc2c(=O)n(Cc3ccc4c(c3)OCO4)c(SCc3ccccc3F)nc2c1. The lowest BCUT2D eigenvalue weighted by Gasteiger charge is -2.14. The average Bonchev–Trinajstić information content (AvgIpc) is 3.32. The second-order valence-electron chi connectivity index (χ2n) is 7.58. The fourth-order valence-corrected chi connectivity index (χ4v) is 4.66. The van der Waals surface area contributed by atoms with Crippen molar-refractivity contribution in [3.05, 3.63) is 93.5 Å². The smallest absolute Gasteiger partial charge is 0.337 e. The molecule has 0 spiro atoms. The number of hydrogen-bond donors (Lipinski definition) is 0. The van der Waals surface area contributed by atoms with Gasteiger partial charge >= 0.3 is 5.97 Å². The normalized spacial score (nSPS) is 12.2. The van der Waals surface area contributed by atoms with Gasteiger partial charge in [-0.2, -0.15) is 0 Å². The fourth-order valence-electron chi connectivity index (χ4n) is 3.67. The molecule has 9 heteroatoms. The molecule has 7 nitrogen and oxygen atoms in total. The molecule has 0 saturated heterocycles. The van der Waals surface area contributed by atoms with Crippen molar-refractivity contribution in [3.8, 4) is 11.5 Å². The molecule has 0 fully saturated rings. The van der Waals surface area contributed by atoms with Gasteiger partial charge in [-0.1, -0.05) is 36.0 Å². The standard InChI is InChI=1S/C25H19FN2O5S/c1-31-24(30)16-7-8-18-20(11-16)27-25(34-13-17-4-2-3-5-19(17)26)28(23(18)29)12-15-6-9-21-22(10-15)33-14-32-21/h2-11H,12-14H2,1H3. The third-order valence-corrected chi connectivity index (χ3v) is 6.46. The first-order valence-electron chi connectivity index (χ1n) is 10.4. The zero-order chi connectivity index (χ0) is 23.7. The van der Waals surface area contributed by atoms with Crippen molar-refractivity contribution in [1.29, 1.82) is 0 Å². The van der Waals surface area contributed by atoms with Crippen molar-refractivity contribution in [2.75, 3.05) is 13.9 Å². The Morgan fingerprint density at radius 2 is 1.94 bits per heavy atom. The van der Waals surface area contributed by atoms with Crippen LogP contribution in [0.25, 0.3) is 10.9 Å². The Balaban J connectivity index is 1.58. The highest BCUT2D eigenvalue weighted by Crippen LogP contribution is 2.33. The van der Waals surface area contributed by atoms with E-state index < -0.39 is 5.97 Å². The number of aromatic nitrogens is 2. The summed E-state index contributed by atoms with van der Waals surface area (Å²) in [6.45, 7) is 0.388. The highest BCUT2D eigenvalue weighted by atomic mass is 32.2. The highest BCUT2D eigenvalue weighted by Gasteiger charge is 2.18. The van der Waals surface area contributed by atoms with Gasteiger partial charge in [0.15, 0.2) is 16.7 Å². The van der Waals surface area contributed by atoms with E-state index >= 15 is 0 Å². The third-order valence-electron chi connectivity index (χ3n) is 5.43. The van der Waals surface area contributed by atoms with Gasteiger partial charge in [0, 0.05) is 5.75 Å². The van der Waals surface area contributed by atoms with Crippen LogP contribution >= 0.6 is 11.8 Å². The molecular weight excluding hydrogens is 459 g/mol. The Morgan fingerprint density at radius 3 is 2.76 bits per heavy atom. The van der Waals surface area contributed by atoms with E-state index in [1.165, 1.54) is 37.1 Å². The first-order valence-corrected chi connectivity index (χ1v) is 11.4. The molecule has 172 valence electrons. The molecule has 4 aromatic rings. The van der Waals surface area contributed by atoms with Crippen LogP contribution in [0.4, 0.5) is 4.39 Å².